The average molecular weight is 499 g/mol. The summed E-state index contributed by atoms with van der Waals surface area (Å²) in [5.41, 5.74) is 1.88. The van der Waals surface area contributed by atoms with E-state index in [0.717, 1.165) is 17.3 Å². The summed E-state index contributed by atoms with van der Waals surface area (Å²) in [7, 11) is -3.69. The lowest BCUT2D eigenvalue weighted by molar-refractivity contribution is -0.126. The molecule has 1 aliphatic heterocycles. The predicted octanol–water partition coefficient (Wildman–Crippen LogP) is 3.76. The minimum Gasteiger partial charge on any atom is -0.356 e. The molecule has 2 heterocycles. The number of nitrogens with one attached hydrogen (secondary N) is 1. The average Bonchev–Trinajstić information content (AvgIpc) is 3.24. The van der Waals surface area contributed by atoms with Crippen molar-refractivity contribution < 1.29 is 13.2 Å². The summed E-state index contributed by atoms with van der Waals surface area (Å²) in [5.74, 6) is -0.281. The molecule has 0 aliphatic carbocycles. The molecular weight excluding hydrogens is 479 g/mol. The molecule has 2 aromatic carbocycles. The van der Waals surface area contributed by atoms with Crippen LogP contribution in [0.5, 0.6) is 0 Å². The number of hydrogen-bond donors (Lipinski definition) is 1. The maximum absolute atomic E-state index is 13.1. The van der Waals surface area contributed by atoms with Gasteiger partial charge in [0, 0.05) is 35.6 Å². The Hall–Kier alpha value is -1.78. The molecule has 7 nitrogen and oxygen atoms in total. The molecule has 1 aromatic heterocycles. The number of halogens is 2. The molecule has 1 N–H and O–H groups in total. The van der Waals surface area contributed by atoms with Crippen LogP contribution >= 0.6 is 34.9 Å². The summed E-state index contributed by atoms with van der Waals surface area (Å²) in [5, 5.41) is 4.08. The quantitative estimate of drug-likeness (QED) is 0.558. The number of nitrogens with zero attached hydrogens (tertiary/aromatic N) is 3. The minimum atomic E-state index is -3.69. The van der Waals surface area contributed by atoms with Crippen LogP contribution in [0.1, 0.15) is 18.4 Å². The standard InChI is InChI=1S/C20H20Cl2N4O3S2/c21-15-5-4-13(16(22)12-15)6-9-23-20(27)14-7-10-26(11-8-14)31(28,29)18-3-1-2-17-19(18)25-30-24-17/h1-5,12,14H,6-11H2,(H,23,27). The van der Waals surface area contributed by atoms with Gasteiger partial charge in [-0.1, -0.05) is 35.3 Å². The first-order valence-electron chi connectivity index (χ1n) is 9.79. The summed E-state index contributed by atoms with van der Waals surface area (Å²) in [4.78, 5) is 12.7. The van der Waals surface area contributed by atoms with Gasteiger partial charge in [0.2, 0.25) is 15.9 Å². The molecule has 0 atom stereocenters. The second kappa shape index (κ2) is 9.38. The van der Waals surface area contributed by atoms with Gasteiger partial charge in [-0.3, -0.25) is 4.79 Å². The fourth-order valence-corrected chi connectivity index (χ4v) is 6.40. The third-order valence-electron chi connectivity index (χ3n) is 5.40. The van der Waals surface area contributed by atoms with Crippen molar-refractivity contribution in [3.8, 4) is 0 Å². The van der Waals surface area contributed by atoms with Gasteiger partial charge < -0.3 is 5.32 Å². The fraction of sp³-hybridized carbons (Fsp3) is 0.350. The third-order valence-corrected chi connectivity index (χ3v) is 8.46. The second-order valence-corrected chi connectivity index (χ2v) is 10.6. The van der Waals surface area contributed by atoms with E-state index in [1.165, 1.54) is 4.31 Å². The van der Waals surface area contributed by atoms with Gasteiger partial charge in [-0.25, -0.2) is 8.42 Å². The predicted molar refractivity (Wildman–Crippen MR) is 122 cm³/mol. The summed E-state index contributed by atoms with van der Waals surface area (Å²) >= 11 is 13.1. The van der Waals surface area contributed by atoms with E-state index in [1.807, 2.05) is 6.07 Å². The highest BCUT2D eigenvalue weighted by molar-refractivity contribution is 7.89. The lowest BCUT2D eigenvalue weighted by Gasteiger charge is -2.30. The monoisotopic (exact) mass is 498 g/mol. The molecule has 3 aromatic rings. The molecule has 0 unspecified atom stereocenters. The molecule has 4 rings (SSSR count). The van der Waals surface area contributed by atoms with Crippen LogP contribution in [0.4, 0.5) is 0 Å². The van der Waals surface area contributed by atoms with E-state index in [2.05, 4.69) is 14.1 Å². The van der Waals surface area contributed by atoms with Gasteiger partial charge in [0.25, 0.3) is 0 Å². The van der Waals surface area contributed by atoms with Crippen LogP contribution in [0.25, 0.3) is 11.0 Å². The Morgan fingerprint density at radius 3 is 2.68 bits per heavy atom. The fourth-order valence-electron chi connectivity index (χ4n) is 3.68. The number of carbonyl (C=O) groups is 1. The Balaban J connectivity index is 1.33. The van der Waals surface area contributed by atoms with Crippen molar-refractivity contribution in [3.63, 3.8) is 0 Å². The number of benzene rings is 2. The normalized spacial score (nSPS) is 15.9. The SMILES string of the molecule is O=C(NCCc1ccc(Cl)cc1Cl)C1CCN(S(=O)(=O)c2cccc3nsnc23)CC1. The van der Waals surface area contributed by atoms with E-state index in [-0.39, 0.29) is 29.8 Å². The number of hydrogen-bond acceptors (Lipinski definition) is 6. The Morgan fingerprint density at radius 1 is 1.16 bits per heavy atom. The molecule has 0 spiro atoms. The summed E-state index contributed by atoms with van der Waals surface area (Å²) in [6.07, 6.45) is 1.54. The van der Waals surface area contributed by atoms with Crippen molar-refractivity contribution in [2.24, 2.45) is 5.92 Å². The van der Waals surface area contributed by atoms with E-state index in [4.69, 9.17) is 23.2 Å². The van der Waals surface area contributed by atoms with Crippen molar-refractivity contribution in [2.45, 2.75) is 24.2 Å². The largest absolute Gasteiger partial charge is 0.356 e. The van der Waals surface area contributed by atoms with E-state index < -0.39 is 10.0 Å². The van der Waals surface area contributed by atoms with Crippen LogP contribution in [0.3, 0.4) is 0 Å². The smallest absolute Gasteiger partial charge is 0.245 e. The zero-order chi connectivity index (χ0) is 22.0. The number of carbonyl (C=O) groups excluding carboxylic acids is 1. The molecule has 0 saturated carbocycles. The van der Waals surface area contributed by atoms with E-state index in [0.29, 0.717) is 46.9 Å². The van der Waals surface area contributed by atoms with Gasteiger partial charge >= 0.3 is 0 Å². The maximum Gasteiger partial charge on any atom is 0.245 e. The summed E-state index contributed by atoms with van der Waals surface area (Å²) in [6, 6.07) is 10.3. The number of fused-ring (bicyclic) bond motifs is 1. The number of amides is 1. The Labute approximate surface area is 194 Å². The minimum absolute atomic E-state index is 0.0621. The van der Waals surface area contributed by atoms with Gasteiger partial charge in [0.1, 0.15) is 15.9 Å². The second-order valence-electron chi connectivity index (χ2n) is 7.34. The molecule has 1 amide bonds. The van der Waals surface area contributed by atoms with Crippen LogP contribution in [0.2, 0.25) is 10.0 Å². The van der Waals surface area contributed by atoms with Crippen LogP contribution in [0.15, 0.2) is 41.3 Å². The molecule has 11 heteroatoms. The molecule has 1 saturated heterocycles. The zero-order valence-corrected chi connectivity index (χ0v) is 19.6. The lowest BCUT2D eigenvalue weighted by atomic mass is 9.97. The highest BCUT2D eigenvalue weighted by atomic mass is 35.5. The summed E-state index contributed by atoms with van der Waals surface area (Å²) < 4.78 is 35.9. The van der Waals surface area contributed by atoms with E-state index in [1.54, 1.807) is 30.3 Å². The molecule has 1 aliphatic rings. The first-order chi connectivity index (χ1) is 14.9. The van der Waals surface area contributed by atoms with Crippen molar-refractivity contribution in [2.75, 3.05) is 19.6 Å². The summed E-state index contributed by atoms with van der Waals surface area (Å²) in [6.45, 7) is 1.03. The Bertz CT molecular complexity index is 1210. The molecule has 1 fully saturated rings. The molecular formula is C20H20Cl2N4O3S2. The van der Waals surface area contributed by atoms with Gasteiger partial charge in [-0.2, -0.15) is 13.1 Å². The van der Waals surface area contributed by atoms with E-state index >= 15 is 0 Å². The third kappa shape index (κ3) is 4.85. The van der Waals surface area contributed by atoms with Crippen LogP contribution in [0, 0.1) is 5.92 Å². The Kier molecular flexibility index (Phi) is 6.78. The molecule has 0 radical (unpaired) electrons. The maximum atomic E-state index is 13.1. The van der Waals surface area contributed by atoms with Crippen molar-refractivity contribution in [1.82, 2.24) is 18.4 Å². The van der Waals surface area contributed by atoms with Gasteiger partial charge in [-0.15, -0.1) is 0 Å². The number of sulfonamides is 1. The number of rotatable bonds is 6. The van der Waals surface area contributed by atoms with Crippen molar-refractivity contribution in [1.29, 1.82) is 0 Å². The lowest BCUT2D eigenvalue weighted by Crippen LogP contribution is -2.43. The van der Waals surface area contributed by atoms with Crippen molar-refractivity contribution >= 4 is 61.9 Å². The van der Waals surface area contributed by atoms with Crippen LogP contribution in [-0.4, -0.2) is 47.0 Å². The highest BCUT2D eigenvalue weighted by Crippen LogP contribution is 2.28. The number of aromatic nitrogens is 2. The van der Waals surface area contributed by atoms with E-state index in [9.17, 15) is 13.2 Å². The van der Waals surface area contributed by atoms with Gasteiger partial charge in [0.15, 0.2) is 0 Å². The molecule has 164 valence electrons. The topological polar surface area (TPSA) is 92.3 Å². The first-order valence-corrected chi connectivity index (χ1v) is 12.7. The first kappa shape index (κ1) is 22.4. The van der Waals surface area contributed by atoms with Gasteiger partial charge in [-0.05, 0) is 49.1 Å². The van der Waals surface area contributed by atoms with Crippen molar-refractivity contribution in [3.05, 3.63) is 52.0 Å². The van der Waals surface area contributed by atoms with Gasteiger partial charge in [0.05, 0.1) is 11.7 Å². The molecule has 0 bridgehead atoms. The Morgan fingerprint density at radius 2 is 1.94 bits per heavy atom. The number of piperidine rings is 1. The van der Waals surface area contributed by atoms with Crippen LogP contribution < -0.4 is 5.32 Å². The molecule has 31 heavy (non-hydrogen) atoms. The highest BCUT2D eigenvalue weighted by Gasteiger charge is 2.33. The zero-order valence-electron chi connectivity index (χ0n) is 16.4. The van der Waals surface area contributed by atoms with Crippen LogP contribution in [-0.2, 0) is 21.2 Å².